The molecule has 4 heteroatoms. The fourth-order valence-corrected chi connectivity index (χ4v) is 2.89. The number of hydrogen-bond acceptors (Lipinski definition) is 2. The largest absolute Gasteiger partial charge is 0.330 e. The van der Waals surface area contributed by atoms with E-state index in [9.17, 15) is 4.79 Å². The molecule has 0 radical (unpaired) electrons. The fourth-order valence-electron chi connectivity index (χ4n) is 2.89. The van der Waals surface area contributed by atoms with E-state index in [0.29, 0.717) is 12.5 Å². The van der Waals surface area contributed by atoms with Crippen molar-refractivity contribution in [3.63, 3.8) is 0 Å². The zero-order valence-electron chi connectivity index (χ0n) is 11.6. The Labute approximate surface area is 121 Å². The molecule has 1 aliphatic rings. The number of carbonyl (C=O) groups is 1. The normalized spacial score (nSPS) is 21.8. The van der Waals surface area contributed by atoms with Crippen molar-refractivity contribution < 1.29 is 4.79 Å². The van der Waals surface area contributed by atoms with Crippen LogP contribution in [0.5, 0.6) is 0 Å². The van der Waals surface area contributed by atoms with Gasteiger partial charge in [0.25, 0.3) is 0 Å². The minimum atomic E-state index is 0. The molecular weight excluding hydrogens is 260 g/mol. The maximum atomic E-state index is 12.3. The average Bonchev–Trinajstić information content (AvgIpc) is 2.82. The first-order chi connectivity index (χ1) is 8.63. The van der Waals surface area contributed by atoms with Crippen molar-refractivity contribution in [3.05, 3.63) is 29.3 Å². The molecule has 1 amide bonds. The van der Waals surface area contributed by atoms with Gasteiger partial charge in [-0.15, -0.1) is 12.4 Å². The lowest BCUT2D eigenvalue weighted by Crippen LogP contribution is -2.30. The minimum absolute atomic E-state index is 0. The highest BCUT2D eigenvalue weighted by atomic mass is 35.5. The standard InChI is InChI=1S/C15H22N2O.ClH/c1-10-5-3-6-11(2)14(10)17-15(18)13-8-4-7-12(13)9-16;/h3,5-6,12-13H,4,7-9,16H2,1-2H3,(H,17,18);1H/t12-,13-;/m1./s1. The third-order valence-electron chi connectivity index (χ3n) is 4.03. The summed E-state index contributed by atoms with van der Waals surface area (Å²) in [4.78, 5) is 12.3. The van der Waals surface area contributed by atoms with Crippen molar-refractivity contribution >= 4 is 24.0 Å². The Bertz CT molecular complexity index is 428. The highest BCUT2D eigenvalue weighted by Gasteiger charge is 2.32. The molecule has 1 fully saturated rings. The summed E-state index contributed by atoms with van der Waals surface area (Å²) < 4.78 is 0. The summed E-state index contributed by atoms with van der Waals surface area (Å²) in [7, 11) is 0. The van der Waals surface area contributed by atoms with Crippen LogP contribution >= 0.6 is 12.4 Å². The van der Waals surface area contributed by atoms with Gasteiger partial charge in [0.1, 0.15) is 0 Å². The molecule has 19 heavy (non-hydrogen) atoms. The van der Waals surface area contributed by atoms with Crippen LogP contribution in [0.3, 0.4) is 0 Å². The number of amides is 1. The van der Waals surface area contributed by atoms with Crippen molar-refractivity contribution in [3.8, 4) is 0 Å². The highest BCUT2D eigenvalue weighted by molar-refractivity contribution is 5.94. The number of anilines is 1. The van der Waals surface area contributed by atoms with Gasteiger partial charge in [-0.1, -0.05) is 24.6 Å². The van der Waals surface area contributed by atoms with Crippen LogP contribution in [0.2, 0.25) is 0 Å². The lowest BCUT2D eigenvalue weighted by atomic mass is 9.95. The summed E-state index contributed by atoms with van der Waals surface area (Å²) >= 11 is 0. The molecule has 0 aliphatic heterocycles. The second-order valence-corrected chi connectivity index (χ2v) is 5.29. The molecule has 2 rings (SSSR count). The molecule has 2 atom stereocenters. The first-order valence-corrected chi connectivity index (χ1v) is 6.70. The van der Waals surface area contributed by atoms with Crippen LogP contribution in [0.15, 0.2) is 18.2 Å². The second-order valence-electron chi connectivity index (χ2n) is 5.29. The first-order valence-electron chi connectivity index (χ1n) is 6.70. The Morgan fingerprint density at radius 2 is 1.95 bits per heavy atom. The quantitative estimate of drug-likeness (QED) is 0.895. The van der Waals surface area contributed by atoms with Crippen molar-refractivity contribution in [1.29, 1.82) is 0 Å². The topological polar surface area (TPSA) is 55.1 Å². The number of halogens is 1. The molecule has 0 spiro atoms. The number of nitrogens with one attached hydrogen (secondary N) is 1. The molecule has 0 bridgehead atoms. The Morgan fingerprint density at radius 3 is 2.53 bits per heavy atom. The maximum Gasteiger partial charge on any atom is 0.227 e. The lowest BCUT2D eigenvalue weighted by molar-refractivity contribution is -0.120. The summed E-state index contributed by atoms with van der Waals surface area (Å²) in [6.45, 7) is 4.67. The monoisotopic (exact) mass is 282 g/mol. The van der Waals surface area contributed by atoms with Crippen molar-refractivity contribution in [2.45, 2.75) is 33.1 Å². The van der Waals surface area contributed by atoms with E-state index >= 15 is 0 Å². The van der Waals surface area contributed by atoms with Crippen molar-refractivity contribution in [2.24, 2.45) is 17.6 Å². The zero-order valence-corrected chi connectivity index (χ0v) is 12.4. The van der Waals surface area contributed by atoms with Gasteiger partial charge in [0.05, 0.1) is 0 Å². The van der Waals surface area contributed by atoms with Crippen molar-refractivity contribution in [1.82, 2.24) is 0 Å². The predicted octanol–water partition coefficient (Wildman–Crippen LogP) is 3.04. The number of hydrogen-bond donors (Lipinski definition) is 2. The number of rotatable bonds is 3. The van der Waals surface area contributed by atoms with E-state index in [0.717, 1.165) is 36.1 Å². The molecule has 0 saturated heterocycles. The number of nitrogens with two attached hydrogens (primary N) is 1. The van der Waals surface area contributed by atoms with E-state index < -0.39 is 0 Å². The summed E-state index contributed by atoms with van der Waals surface area (Å²) in [5, 5.41) is 3.09. The van der Waals surface area contributed by atoms with Crippen LogP contribution in [-0.4, -0.2) is 12.5 Å². The van der Waals surface area contributed by atoms with Crippen molar-refractivity contribution in [2.75, 3.05) is 11.9 Å². The molecule has 0 heterocycles. The Hall–Kier alpha value is -1.06. The number of carbonyl (C=O) groups excluding carboxylic acids is 1. The van der Waals surface area contributed by atoms with Gasteiger partial charge >= 0.3 is 0 Å². The molecule has 3 N–H and O–H groups in total. The summed E-state index contributed by atoms with van der Waals surface area (Å²) in [5.74, 6) is 0.587. The van der Waals surface area contributed by atoms with Gasteiger partial charge in [-0.05, 0) is 50.3 Å². The fraction of sp³-hybridized carbons (Fsp3) is 0.533. The van der Waals surface area contributed by atoms with E-state index in [1.165, 1.54) is 0 Å². The molecule has 0 aromatic heterocycles. The molecule has 3 nitrogen and oxygen atoms in total. The Kier molecular flexibility index (Phi) is 5.83. The number of para-hydroxylation sites is 1. The van der Waals surface area contributed by atoms with E-state index in [4.69, 9.17) is 5.73 Å². The molecule has 106 valence electrons. The molecular formula is C15H23ClN2O. The Morgan fingerprint density at radius 1 is 1.32 bits per heavy atom. The van der Waals surface area contributed by atoms with E-state index in [1.54, 1.807) is 0 Å². The minimum Gasteiger partial charge on any atom is -0.330 e. The van der Waals surface area contributed by atoms with E-state index in [2.05, 4.69) is 5.32 Å². The smallest absolute Gasteiger partial charge is 0.227 e. The van der Waals surface area contributed by atoms with E-state index in [1.807, 2.05) is 32.0 Å². The third kappa shape index (κ3) is 3.48. The summed E-state index contributed by atoms with van der Waals surface area (Å²) in [6.07, 6.45) is 3.17. The number of benzene rings is 1. The van der Waals surface area contributed by atoms with Crippen LogP contribution in [0.1, 0.15) is 30.4 Å². The zero-order chi connectivity index (χ0) is 13.1. The van der Waals surface area contributed by atoms with Gasteiger partial charge < -0.3 is 11.1 Å². The molecule has 1 aromatic carbocycles. The van der Waals surface area contributed by atoms with Crippen LogP contribution < -0.4 is 11.1 Å². The van der Waals surface area contributed by atoms with Gasteiger partial charge in [-0.3, -0.25) is 4.79 Å². The van der Waals surface area contributed by atoms with Gasteiger partial charge in [-0.2, -0.15) is 0 Å². The SMILES string of the molecule is Cc1cccc(C)c1NC(=O)[C@@H]1CCC[C@@H]1CN.Cl. The molecule has 1 aromatic rings. The van der Waals surface area contributed by atoms with Crippen LogP contribution in [0.4, 0.5) is 5.69 Å². The van der Waals surface area contributed by atoms with Crippen LogP contribution in [-0.2, 0) is 4.79 Å². The average molecular weight is 283 g/mol. The third-order valence-corrected chi connectivity index (χ3v) is 4.03. The summed E-state index contributed by atoms with van der Waals surface area (Å²) in [6, 6.07) is 6.06. The van der Waals surface area contributed by atoms with E-state index in [-0.39, 0.29) is 24.2 Å². The van der Waals surface area contributed by atoms with Gasteiger partial charge in [0.15, 0.2) is 0 Å². The highest BCUT2D eigenvalue weighted by Crippen LogP contribution is 2.32. The molecule has 1 saturated carbocycles. The van der Waals surface area contributed by atoms with Gasteiger partial charge in [-0.25, -0.2) is 0 Å². The second kappa shape index (κ2) is 6.92. The van der Waals surface area contributed by atoms with Crippen LogP contribution in [0.25, 0.3) is 0 Å². The van der Waals surface area contributed by atoms with Gasteiger partial charge in [0, 0.05) is 11.6 Å². The van der Waals surface area contributed by atoms with Crippen LogP contribution in [0, 0.1) is 25.7 Å². The first kappa shape index (κ1) is 16.0. The Balaban J connectivity index is 0.00000180. The lowest BCUT2D eigenvalue weighted by Gasteiger charge is -2.19. The predicted molar refractivity (Wildman–Crippen MR) is 81.7 cm³/mol. The maximum absolute atomic E-state index is 12.3. The van der Waals surface area contributed by atoms with Gasteiger partial charge in [0.2, 0.25) is 5.91 Å². The number of aryl methyl sites for hydroxylation is 2. The summed E-state index contributed by atoms with van der Waals surface area (Å²) in [5.41, 5.74) is 8.93. The molecule has 1 aliphatic carbocycles. The molecule has 0 unspecified atom stereocenters.